The van der Waals surface area contributed by atoms with Gasteiger partial charge in [0.15, 0.2) is 11.5 Å². The van der Waals surface area contributed by atoms with Gasteiger partial charge >= 0.3 is 0 Å². The highest BCUT2D eigenvalue weighted by molar-refractivity contribution is 9.10. The van der Waals surface area contributed by atoms with E-state index in [1.165, 1.54) is 11.3 Å². The van der Waals surface area contributed by atoms with Gasteiger partial charge in [0.1, 0.15) is 34.1 Å². The molecule has 1 aliphatic heterocycles. The van der Waals surface area contributed by atoms with Gasteiger partial charge in [0, 0.05) is 33.4 Å². The number of amides is 2. The van der Waals surface area contributed by atoms with E-state index in [2.05, 4.69) is 50.9 Å². The second-order valence-corrected chi connectivity index (χ2v) is 19.7. The minimum absolute atomic E-state index is 0.0294. The molecule has 2 fully saturated rings. The van der Waals surface area contributed by atoms with E-state index in [1.54, 1.807) is 38.6 Å². The largest absolute Gasteiger partial charge is 0.494 e. The Morgan fingerprint density at radius 2 is 1.60 bits per heavy atom. The number of hydrogen-bond donors (Lipinski definition) is 3. The number of carbonyl (C=O) groups is 3. The zero-order chi connectivity index (χ0) is 47.3. The number of ketones is 1. The van der Waals surface area contributed by atoms with Gasteiger partial charge in [-0.05, 0) is 108 Å². The van der Waals surface area contributed by atoms with E-state index in [1.807, 2.05) is 48.2 Å². The Kier molecular flexibility index (Phi) is 18.0. The summed E-state index contributed by atoms with van der Waals surface area (Å²) in [5.41, 5.74) is 2.83. The Balaban J connectivity index is 0.835. The van der Waals surface area contributed by atoms with Crippen LogP contribution in [0.25, 0.3) is 10.9 Å². The molecule has 13 nitrogen and oxygen atoms in total. The predicted molar refractivity (Wildman–Crippen MR) is 268 cm³/mol. The Morgan fingerprint density at radius 3 is 2.34 bits per heavy atom. The van der Waals surface area contributed by atoms with Crippen molar-refractivity contribution >= 4 is 61.6 Å². The number of rotatable bonds is 23. The van der Waals surface area contributed by atoms with Crippen molar-refractivity contribution in [2.45, 2.75) is 128 Å². The molecule has 5 aromatic rings. The number of nitrogens with zero attached hydrogens (tertiary/aromatic N) is 4. The van der Waals surface area contributed by atoms with Crippen LogP contribution in [-0.4, -0.2) is 83.4 Å². The first-order valence-corrected chi connectivity index (χ1v) is 25.7. The molecular weight excluding hydrogens is 931 g/mol. The number of aromatic nitrogens is 3. The third-order valence-electron chi connectivity index (χ3n) is 13.0. The van der Waals surface area contributed by atoms with Crippen LogP contribution < -0.4 is 30.2 Å². The Bertz CT molecular complexity index is 2460. The number of methoxy groups -OCH3 is 1. The summed E-state index contributed by atoms with van der Waals surface area (Å²) >= 11 is 4.99. The third kappa shape index (κ3) is 13.1. The number of halogens is 1. The molecule has 2 aliphatic rings. The van der Waals surface area contributed by atoms with Crippen molar-refractivity contribution in [1.29, 1.82) is 0 Å². The normalized spacial score (nSPS) is 16.6. The molecule has 67 heavy (non-hydrogen) atoms. The number of ether oxygens (including phenoxy) is 3. The lowest BCUT2D eigenvalue weighted by Crippen LogP contribution is -2.55. The minimum atomic E-state index is -0.565. The van der Waals surface area contributed by atoms with Crippen LogP contribution in [0.3, 0.4) is 0 Å². The molecule has 2 amide bonds. The predicted octanol–water partition coefficient (Wildman–Crippen LogP) is 10.7. The maximum absolute atomic E-state index is 14.2. The molecule has 2 aromatic heterocycles. The molecule has 0 bridgehead atoms. The first-order chi connectivity index (χ1) is 32.5. The van der Waals surface area contributed by atoms with Gasteiger partial charge in [0.2, 0.25) is 17.6 Å². The van der Waals surface area contributed by atoms with Crippen LogP contribution in [0.2, 0.25) is 0 Å². The van der Waals surface area contributed by atoms with Crippen molar-refractivity contribution < 1.29 is 28.6 Å². The van der Waals surface area contributed by atoms with Crippen molar-refractivity contribution in [3.05, 3.63) is 98.2 Å². The Morgan fingerprint density at radius 1 is 0.851 bits per heavy atom. The number of carbonyl (C=O) groups excluding carboxylic acids is 3. The molecule has 0 unspecified atom stereocenters. The number of aryl methyl sites for hydroxylation is 1. The summed E-state index contributed by atoms with van der Waals surface area (Å²) < 4.78 is 19.1. The summed E-state index contributed by atoms with van der Waals surface area (Å²) in [6.07, 6.45) is 12.9. The zero-order valence-corrected chi connectivity index (χ0v) is 42.0. The van der Waals surface area contributed by atoms with E-state index in [0.29, 0.717) is 54.1 Å². The lowest BCUT2D eigenvalue weighted by Gasteiger charge is -2.35. The van der Waals surface area contributed by atoms with Crippen LogP contribution in [0.1, 0.15) is 142 Å². The van der Waals surface area contributed by atoms with E-state index in [0.717, 1.165) is 115 Å². The fourth-order valence-corrected chi connectivity index (χ4v) is 10.5. The maximum Gasteiger partial charge on any atom is 0.246 e. The number of hydrogen-bond acceptors (Lipinski definition) is 12. The lowest BCUT2D eigenvalue weighted by molar-refractivity contribution is -0.139. The standard InChI is InChI=1S/C52H66BrN7O6S/c1-33(37-20-15-22-39(53)28-37)55-49-41-30-45(64-5)46(31-42(41)56-35(3)57-49)66-27-14-9-7-6-8-13-26-65-40-23-16-21-38(29-40)48(61)43-32-67-51(58-43)44-24-17-25-60(44)52(63)47(36-18-11-10-12-19-36)59-50(62)34(2)54-4/h15-16,20-23,28-34,36,44,47,54H,6-14,17-19,24-27H2,1-5H3,(H,59,62)(H,55,56,57)/t33-,34+,44+,47+/m1/s1. The van der Waals surface area contributed by atoms with Crippen LogP contribution in [0.15, 0.2) is 70.5 Å². The summed E-state index contributed by atoms with van der Waals surface area (Å²) in [6.45, 7) is 7.56. The van der Waals surface area contributed by atoms with Crippen LogP contribution >= 0.6 is 27.3 Å². The first-order valence-electron chi connectivity index (χ1n) is 24.0. The van der Waals surface area contributed by atoms with Crippen LogP contribution in [0.4, 0.5) is 5.82 Å². The second-order valence-electron chi connectivity index (χ2n) is 17.9. The molecule has 7 rings (SSSR count). The maximum atomic E-state index is 14.2. The molecule has 3 N–H and O–H groups in total. The molecule has 3 heterocycles. The molecule has 3 aromatic carbocycles. The second kappa shape index (κ2) is 24.2. The summed E-state index contributed by atoms with van der Waals surface area (Å²) in [5.74, 6) is 3.13. The Labute approximate surface area is 407 Å². The molecule has 0 radical (unpaired) electrons. The van der Waals surface area contributed by atoms with E-state index in [9.17, 15) is 14.4 Å². The molecule has 1 aliphatic carbocycles. The number of nitrogens with one attached hydrogen (secondary N) is 3. The third-order valence-corrected chi connectivity index (χ3v) is 14.5. The molecule has 0 spiro atoms. The molecule has 358 valence electrons. The number of anilines is 1. The highest BCUT2D eigenvalue weighted by Gasteiger charge is 2.40. The smallest absolute Gasteiger partial charge is 0.246 e. The Hall–Kier alpha value is -5.12. The zero-order valence-electron chi connectivity index (χ0n) is 39.6. The number of fused-ring (bicyclic) bond motifs is 1. The van der Waals surface area contributed by atoms with E-state index in [-0.39, 0.29) is 35.6 Å². The lowest BCUT2D eigenvalue weighted by atomic mass is 9.83. The molecule has 1 saturated heterocycles. The van der Waals surface area contributed by atoms with Gasteiger partial charge in [-0.25, -0.2) is 15.0 Å². The van der Waals surface area contributed by atoms with Gasteiger partial charge < -0.3 is 35.1 Å². The molecular formula is C52H66BrN7O6S. The van der Waals surface area contributed by atoms with Gasteiger partial charge in [0.25, 0.3) is 0 Å². The SMILES string of the molecule is CN[C@@H](C)C(=O)N[C@H](C(=O)N1CCC[C@H]1c1nc(C(=O)c2cccc(OCCCCCCCCOc3cc4nc(C)nc(N[C@H](C)c5cccc(Br)c5)c4cc3OC)c2)cs1)C1CCCCC1. The highest BCUT2D eigenvalue weighted by atomic mass is 79.9. The van der Waals surface area contributed by atoms with Gasteiger partial charge in [0.05, 0.1) is 44.0 Å². The van der Waals surface area contributed by atoms with Crippen molar-refractivity contribution in [2.24, 2.45) is 5.92 Å². The van der Waals surface area contributed by atoms with Crippen molar-refractivity contribution in [3.63, 3.8) is 0 Å². The van der Waals surface area contributed by atoms with Gasteiger partial charge in [-0.3, -0.25) is 14.4 Å². The average Bonchev–Trinajstić information content (AvgIpc) is 4.04. The average molecular weight is 997 g/mol. The quantitative estimate of drug-likeness (QED) is 0.0423. The first kappa shape index (κ1) is 49.8. The number of benzene rings is 3. The summed E-state index contributed by atoms with van der Waals surface area (Å²) in [4.78, 5) is 57.0. The fraction of sp³-hybridized carbons (Fsp3) is 0.500. The summed E-state index contributed by atoms with van der Waals surface area (Å²) in [5, 5.41) is 13.1. The molecule has 4 atom stereocenters. The van der Waals surface area contributed by atoms with Gasteiger partial charge in [-0.2, -0.15) is 0 Å². The monoisotopic (exact) mass is 995 g/mol. The number of likely N-dealkylation sites (N-methyl/N-ethyl adjacent to an activating group) is 1. The number of likely N-dealkylation sites (tertiary alicyclic amines) is 1. The fourth-order valence-electron chi connectivity index (χ4n) is 9.13. The van der Waals surface area contributed by atoms with E-state index >= 15 is 0 Å². The van der Waals surface area contributed by atoms with Gasteiger partial charge in [-0.15, -0.1) is 11.3 Å². The van der Waals surface area contributed by atoms with Crippen molar-refractivity contribution in [1.82, 2.24) is 30.5 Å². The summed E-state index contributed by atoms with van der Waals surface area (Å²) in [7, 11) is 3.40. The topological polar surface area (TPSA) is 157 Å². The van der Waals surface area contributed by atoms with Crippen molar-refractivity contribution in [3.8, 4) is 17.2 Å². The molecule has 15 heteroatoms. The van der Waals surface area contributed by atoms with Crippen LogP contribution in [-0.2, 0) is 9.59 Å². The van der Waals surface area contributed by atoms with E-state index in [4.69, 9.17) is 29.2 Å². The summed E-state index contributed by atoms with van der Waals surface area (Å²) in [6, 6.07) is 18.3. The van der Waals surface area contributed by atoms with Crippen LogP contribution in [0.5, 0.6) is 17.2 Å². The van der Waals surface area contributed by atoms with Gasteiger partial charge in [-0.1, -0.05) is 85.1 Å². The number of thiazole rings is 1. The van der Waals surface area contributed by atoms with Crippen LogP contribution in [0, 0.1) is 12.8 Å². The molecule has 1 saturated carbocycles. The highest BCUT2D eigenvalue weighted by Crippen LogP contribution is 2.38. The van der Waals surface area contributed by atoms with E-state index < -0.39 is 12.1 Å². The minimum Gasteiger partial charge on any atom is -0.494 e. The van der Waals surface area contributed by atoms with Crippen molar-refractivity contribution in [2.75, 3.05) is 39.2 Å². The number of unbranched alkanes of at least 4 members (excludes halogenated alkanes) is 5.